The minimum absolute atomic E-state index is 0.150. The van der Waals surface area contributed by atoms with Crippen LogP contribution in [0.4, 0.5) is 5.69 Å². The molecule has 1 aromatic carbocycles. The van der Waals surface area contributed by atoms with Crippen LogP contribution in [-0.4, -0.2) is 35.2 Å². The Morgan fingerprint density at radius 2 is 2.28 bits per heavy atom. The van der Waals surface area contributed by atoms with Gasteiger partial charge >= 0.3 is 0 Å². The summed E-state index contributed by atoms with van der Waals surface area (Å²) < 4.78 is 0. The van der Waals surface area contributed by atoms with E-state index in [1.54, 1.807) is 25.1 Å². The summed E-state index contributed by atoms with van der Waals surface area (Å²) in [4.78, 5) is 11.9. The fraction of sp³-hybridized carbons (Fsp3) is 0.417. The number of carbonyl (C=O) groups is 1. The van der Waals surface area contributed by atoms with E-state index < -0.39 is 5.60 Å². The summed E-state index contributed by atoms with van der Waals surface area (Å²) in [5.74, 6) is 0.158. The molecule has 0 aliphatic rings. The molecule has 0 heterocycles. The normalized spacial score (nSPS) is 14.0. The van der Waals surface area contributed by atoms with Crippen molar-refractivity contribution >= 4 is 35.0 Å². The molecule has 100 valence electrons. The quantitative estimate of drug-likeness (QED) is 0.722. The van der Waals surface area contributed by atoms with Gasteiger partial charge in [0.05, 0.1) is 16.2 Å². The highest BCUT2D eigenvalue weighted by atomic mass is 35.5. The van der Waals surface area contributed by atoms with Crippen LogP contribution >= 0.6 is 23.4 Å². The zero-order valence-corrected chi connectivity index (χ0v) is 11.9. The summed E-state index contributed by atoms with van der Waals surface area (Å²) in [6.07, 6.45) is 1.89. The molecule has 4 nitrogen and oxygen atoms in total. The van der Waals surface area contributed by atoms with Crippen molar-refractivity contribution in [3.8, 4) is 0 Å². The summed E-state index contributed by atoms with van der Waals surface area (Å²) in [5, 5.41) is 12.9. The standard InChI is InChI=1S/C12H17ClN2O2S/c1-12(17,7-18-2)6-15-11(16)10-8(13)4-3-5-9(10)14/h3-5,17H,6-7,14H2,1-2H3,(H,15,16). The fourth-order valence-corrected chi connectivity index (χ4v) is 2.49. The van der Waals surface area contributed by atoms with Crippen molar-refractivity contribution in [2.24, 2.45) is 0 Å². The molecule has 18 heavy (non-hydrogen) atoms. The Balaban J connectivity index is 2.72. The van der Waals surface area contributed by atoms with Gasteiger partial charge in [-0.25, -0.2) is 0 Å². The van der Waals surface area contributed by atoms with Crippen molar-refractivity contribution in [2.75, 3.05) is 24.3 Å². The smallest absolute Gasteiger partial charge is 0.254 e. The second kappa shape index (κ2) is 6.31. The topological polar surface area (TPSA) is 75.3 Å². The number of nitrogens with one attached hydrogen (secondary N) is 1. The Bertz CT molecular complexity index is 418. The Labute approximate surface area is 116 Å². The van der Waals surface area contributed by atoms with Gasteiger partial charge in [-0.2, -0.15) is 11.8 Å². The second-order valence-electron chi connectivity index (χ2n) is 4.32. The molecular formula is C12H17ClN2O2S. The van der Waals surface area contributed by atoms with Gasteiger partial charge < -0.3 is 16.2 Å². The molecule has 0 fully saturated rings. The highest BCUT2D eigenvalue weighted by Gasteiger charge is 2.22. The predicted molar refractivity (Wildman–Crippen MR) is 77.2 cm³/mol. The summed E-state index contributed by atoms with van der Waals surface area (Å²) >= 11 is 7.44. The minimum atomic E-state index is -0.953. The molecular weight excluding hydrogens is 272 g/mol. The molecule has 0 aliphatic carbocycles. The molecule has 1 atom stereocenters. The van der Waals surface area contributed by atoms with Crippen LogP contribution in [0.25, 0.3) is 0 Å². The SMILES string of the molecule is CSCC(C)(O)CNC(=O)c1c(N)cccc1Cl. The number of benzene rings is 1. The van der Waals surface area contributed by atoms with Crippen molar-refractivity contribution in [1.82, 2.24) is 5.32 Å². The number of aliphatic hydroxyl groups is 1. The molecule has 1 rings (SSSR count). The van der Waals surface area contributed by atoms with Gasteiger partial charge in [-0.1, -0.05) is 17.7 Å². The van der Waals surface area contributed by atoms with Crippen LogP contribution in [0, 0.1) is 0 Å². The summed E-state index contributed by atoms with van der Waals surface area (Å²) in [6.45, 7) is 1.82. The van der Waals surface area contributed by atoms with E-state index in [0.29, 0.717) is 16.5 Å². The molecule has 6 heteroatoms. The van der Waals surface area contributed by atoms with E-state index in [1.165, 1.54) is 11.8 Å². The molecule has 0 spiro atoms. The maximum atomic E-state index is 11.9. The predicted octanol–water partition coefficient (Wildman–Crippen LogP) is 1.77. The summed E-state index contributed by atoms with van der Waals surface area (Å²) in [5.41, 5.74) is 5.33. The van der Waals surface area contributed by atoms with E-state index >= 15 is 0 Å². The van der Waals surface area contributed by atoms with Crippen LogP contribution in [-0.2, 0) is 0 Å². The van der Waals surface area contributed by atoms with Gasteiger partial charge in [0.15, 0.2) is 0 Å². The third-order valence-electron chi connectivity index (χ3n) is 2.36. The number of thioether (sulfide) groups is 1. The molecule has 0 aromatic heterocycles. The first-order valence-electron chi connectivity index (χ1n) is 5.41. The molecule has 0 aliphatic heterocycles. The van der Waals surface area contributed by atoms with Crippen molar-refractivity contribution in [2.45, 2.75) is 12.5 Å². The number of hydrogen-bond donors (Lipinski definition) is 3. The molecule has 0 bridgehead atoms. The summed E-state index contributed by atoms with van der Waals surface area (Å²) in [6, 6.07) is 4.89. The minimum Gasteiger partial charge on any atom is -0.398 e. The van der Waals surface area contributed by atoms with Crippen molar-refractivity contribution < 1.29 is 9.90 Å². The number of carbonyl (C=O) groups excluding carboxylic acids is 1. The monoisotopic (exact) mass is 288 g/mol. The number of amides is 1. The maximum absolute atomic E-state index is 11.9. The van der Waals surface area contributed by atoms with Crippen molar-refractivity contribution in [3.05, 3.63) is 28.8 Å². The van der Waals surface area contributed by atoms with Crippen molar-refractivity contribution in [1.29, 1.82) is 0 Å². The largest absolute Gasteiger partial charge is 0.398 e. The highest BCUT2D eigenvalue weighted by molar-refractivity contribution is 7.98. The lowest BCUT2D eigenvalue weighted by molar-refractivity contribution is 0.0725. The highest BCUT2D eigenvalue weighted by Crippen LogP contribution is 2.21. The Kier molecular flexibility index (Phi) is 5.31. The zero-order chi connectivity index (χ0) is 13.8. The van der Waals surface area contributed by atoms with E-state index in [9.17, 15) is 9.90 Å². The van der Waals surface area contributed by atoms with Gasteiger partial charge in [-0.15, -0.1) is 0 Å². The molecule has 1 unspecified atom stereocenters. The first-order chi connectivity index (χ1) is 8.37. The first kappa shape index (κ1) is 15.1. The number of rotatable bonds is 5. The molecule has 0 saturated carbocycles. The van der Waals surface area contributed by atoms with Gasteiger partial charge in [0.25, 0.3) is 5.91 Å². The molecule has 0 radical (unpaired) electrons. The number of halogens is 1. The van der Waals surface area contributed by atoms with Crippen LogP contribution in [0.5, 0.6) is 0 Å². The third kappa shape index (κ3) is 4.08. The van der Waals surface area contributed by atoms with Crippen LogP contribution < -0.4 is 11.1 Å². The lowest BCUT2D eigenvalue weighted by atomic mass is 10.1. The molecule has 4 N–H and O–H groups in total. The number of nitrogens with two attached hydrogens (primary N) is 1. The van der Waals surface area contributed by atoms with Gasteiger partial charge in [-0.05, 0) is 25.3 Å². The van der Waals surface area contributed by atoms with E-state index in [1.807, 2.05) is 6.26 Å². The van der Waals surface area contributed by atoms with Crippen LogP contribution in [0.2, 0.25) is 5.02 Å². The van der Waals surface area contributed by atoms with E-state index in [2.05, 4.69) is 5.32 Å². The van der Waals surface area contributed by atoms with Gasteiger partial charge in [0, 0.05) is 18.0 Å². The van der Waals surface area contributed by atoms with Gasteiger partial charge in [0.2, 0.25) is 0 Å². The Hall–Kier alpha value is -0.910. The van der Waals surface area contributed by atoms with E-state index in [4.69, 9.17) is 17.3 Å². The number of nitrogen functional groups attached to an aromatic ring is 1. The number of anilines is 1. The maximum Gasteiger partial charge on any atom is 0.254 e. The average molecular weight is 289 g/mol. The Morgan fingerprint density at radius 1 is 1.61 bits per heavy atom. The van der Waals surface area contributed by atoms with Crippen LogP contribution in [0.15, 0.2) is 18.2 Å². The van der Waals surface area contributed by atoms with E-state index in [-0.39, 0.29) is 18.0 Å². The zero-order valence-electron chi connectivity index (χ0n) is 10.4. The van der Waals surface area contributed by atoms with Crippen molar-refractivity contribution in [3.63, 3.8) is 0 Å². The van der Waals surface area contributed by atoms with Gasteiger partial charge in [-0.3, -0.25) is 4.79 Å². The molecule has 0 saturated heterocycles. The van der Waals surface area contributed by atoms with Gasteiger partial charge in [0.1, 0.15) is 0 Å². The third-order valence-corrected chi connectivity index (χ3v) is 3.58. The average Bonchev–Trinajstić information content (AvgIpc) is 2.26. The fourth-order valence-electron chi connectivity index (χ4n) is 1.50. The second-order valence-corrected chi connectivity index (χ2v) is 5.59. The van der Waals surface area contributed by atoms with Crippen LogP contribution in [0.1, 0.15) is 17.3 Å². The number of hydrogen-bond acceptors (Lipinski definition) is 4. The first-order valence-corrected chi connectivity index (χ1v) is 7.18. The van der Waals surface area contributed by atoms with E-state index in [0.717, 1.165) is 0 Å². The lowest BCUT2D eigenvalue weighted by Gasteiger charge is -2.22. The molecule has 1 amide bonds. The molecule has 1 aromatic rings. The Morgan fingerprint density at radius 3 is 2.83 bits per heavy atom. The lowest BCUT2D eigenvalue weighted by Crippen LogP contribution is -2.42. The summed E-state index contributed by atoms with van der Waals surface area (Å²) in [7, 11) is 0. The van der Waals surface area contributed by atoms with Crippen LogP contribution in [0.3, 0.4) is 0 Å².